The first-order valence-electron chi connectivity index (χ1n) is 6.27. The van der Waals surface area contributed by atoms with E-state index < -0.39 is 0 Å². The lowest BCUT2D eigenvalue weighted by Crippen LogP contribution is -2.10. The quantitative estimate of drug-likeness (QED) is 0.838. The van der Waals surface area contributed by atoms with E-state index in [9.17, 15) is 0 Å². The minimum absolute atomic E-state index is 0.0230. The molecule has 2 N–H and O–H groups in total. The summed E-state index contributed by atoms with van der Waals surface area (Å²) in [6.07, 6.45) is 0. The number of fused-ring (bicyclic) bond motifs is 1. The molecule has 1 heterocycles. The number of rotatable bonds is 1. The van der Waals surface area contributed by atoms with Crippen LogP contribution in [0.15, 0.2) is 22.7 Å². The van der Waals surface area contributed by atoms with Crippen molar-refractivity contribution in [3.8, 4) is 0 Å². The van der Waals surface area contributed by atoms with Crippen molar-refractivity contribution in [1.29, 1.82) is 0 Å². The van der Waals surface area contributed by atoms with Gasteiger partial charge in [-0.1, -0.05) is 26.8 Å². The fraction of sp³-hybridized carbons (Fsp3) is 0.467. The standard InChI is InChI=1S/C15H21BrN2/c1-9(17)14-13(16)11-8-10(15(2,3)4)6-7-12(11)18(14)5/h6-9H,17H2,1-5H3. The predicted octanol–water partition coefficient (Wildman–Crippen LogP) is 4.26. The maximum Gasteiger partial charge on any atom is 0.0494 e. The van der Waals surface area contributed by atoms with Crippen LogP contribution in [0.25, 0.3) is 10.9 Å². The molecule has 0 bridgehead atoms. The van der Waals surface area contributed by atoms with E-state index in [1.807, 2.05) is 6.92 Å². The smallest absolute Gasteiger partial charge is 0.0494 e. The molecule has 98 valence electrons. The summed E-state index contributed by atoms with van der Waals surface area (Å²) in [7, 11) is 2.07. The number of aromatic nitrogens is 1. The van der Waals surface area contributed by atoms with Crippen LogP contribution in [-0.2, 0) is 12.5 Å². The Kier molecular flexibility index (Phi) is 3.32. The lowest BCUT2D eigenvalue weighted by atomic mass is 9.86. The van der Waals surface area contributed by atoms with Crippen LogP contribution in [-0.4, -0.2) is 4.57 Å². The molecule has 1 aromatic carbocycles. The van der Waals surface area contributed by atoms with Gasteiger partial charge in [-0.15, -0.1) is 0 Å². The number of halogens is 1. The summed E-state index contributed by atoms with van der Waals surface area (Å²) in [5.74, 6) is 0. The largest absolute Gasteiger partial charge is 0.345 e. The normalized spacial score (nSPS) is 14.2. The second kappa shape index (κ2) is 4.39. The van der Waals surface area contributed by atoms with Gasteiger partial charge in [0.25, 0.3) is 0 Å². The predicted molar refractivity (Wildman–Crippen MR) is 81.9 cm³/mol. The maximum atomic E-state index is 6.05. The number of hydrogen-bond acceptors (Lipinski definition) is 1. The fourth-order valence-electron chi connectivity index (χ4n) is 2.39. The Hall–Kier alpha value is -0.800. The van der Waals surface area contributed by atoms with Crippen molar-refractivity contribution in [3.05, 3.63) is 33.9 Å². The molecular weight excluding hydrogens is 288 g/mol. The zero-order valence-electron chi connectivity index (χ0n) is 11.7. The summed E-state index contributed by atoms with van der Waals surface area (Å²) < 4.78 is 3.30. The molecule has 0 saturated heterocycles. The number of aryl methyl sites for hydroxylation is 1. The van der Waals surface area contributed by atoms with E-state index in [1.54, 1.807) is 0 Å². The fourth-order valence-corrected chi connectivity index (χ4v) is 3.34. The van der Waals surface area contributed by atoms with E-state index in [0.29, 0.717) is 0 Å². The van der Waals surface area contributed by atoms with E-state index in [-0.39, 0.29) is 11.5 Å². The van der Waals surface area contributed by atoms with Crippen LogP contribution >= 0.6 is 15.9 Å². The van der Waals surface area contributed by atoms with Gasteiger partial charge in [-0.25, -0.2) is 0 Å². The van der Waals surface area contributed by atoms with Gasteiger partial charge in [-0.2, -0.15) is 0 Å². The molecule has 0 aliphatic rings. The van der Waals surface area contributed by atoms with Crippen molar-refractivity contribution < 1.29 is 0 Å². The lowest BCUT2D eigenvalue weighted by molar-refractivity contribution is 0.591. The van der Waals surface area contributed by atoms with Crippen LogP contribution in [0.4, 0.5) is 0 Å². The average molecular weight is 309 g/mol. The number of hydrogen-bond donors (Lipinski definition) is 1. The van der Waals surface area contributed by atoms with Gasteiger partial charge >= 0.3 is 0 Å². The Labute approximate surface area is 117 Å². The number of benzene rings is 1. The second-order valence-corrected chi connectivity index (χ2v) is 6.82. The zero-order chi connectivity index (χ0) is 13.7. The Morgan fingerprint density at radius 3 is 2.39 bits per heavy atom. The molecule has 1 atom stereocenters. The van der Waals surface area contributed by atoms with Gasteiger partial charge in [0.2, 0.25) is 0 Å². The minimum Gasteiger partial charge on any atom is -0.345 e. The van der Waals surface area contributed by atoms with Crippen LogP contribution in [0.1, 0.15) is 45.0 Å². The van der Waals surface area contributed by atoms with Crippen molar-refractivity contribution in [1.82, 2.24) is 4.57 Å². The van der Waals surface area contributed by atoms with Crippen LogP contribution < -0.4 is 5.73 Å². The topological polar surface area (TPSA) is 30.9 Å². The average Bonchev–Trinajstić information content (AvgIpc) is 2.50. The van der Waals surface area contributed by atoms with E-state index in [0.717, 1.165) is 10.2 Å². The number of nitrogens with zero attached hydrogens (tertiary/aromatic N) is 1. The first-order chi connectivity index (χ1) is 8.23. The van der Waals surface area contributed by atoms with Gasteiger partial charge in [0.15, 0.2) is 0 Å². The maximum absolute atomic E-state index is 6.05. The Balaban J connectivity index is 2.76. The van der Waals surface area contributed by atoms with Crippen molar-refractivity contribution >= 4 is 26.8 Å². The van der Waals surface area contributed by atoms with Gasteiger partial charge in [0, 0.05) is 34.2 Å². The molecular formula is C15H21BrN2. The molecule has 1 aromatic heterocycles. The van der Waals surface area contributed by atoms with Gasteiger partial charge in [0.05, 0.1) is 0 Å². The van der Waals surface area contributed by atoms with E-state index in [2.05, 4.69) is 66.5 Å². The highest BCUT2D eigenvalue weighted by Gasteiger charge is 2.19. The summed E-state index contributed by atoms with van der Waals surface area (Å²) in [4.78, 5) is 0. The third kappa shape index (κ3) is 2.10. The summed E-state index contributed by atoms with van der Waals surface area (Å²) in [6.45, 7) is 8.72. The summed E-state index contributed by atoms with van der Waals surface area (Å²) in [5, 5.41) is 1.25. The third-order valence-electron chi connectivity index (χ3n) is 3.48. The molecule has 0 fully saturated rings. The van der Waals surface area contributed by atoms with Crippen molar-refractivity contribution in [3.63, 3.8) is 0 Å². The lowest BCUT2D eigenvalue weighted by Gasteiger charge is -2.19. The number of nitrogens with two attached hydrogens (primary N) is 1. The van der Waals surface area contributed by atoms with Gasteiger partial charge in [-0.05, 0) is 46.0 Å². The Morgan fingerprint density at radius 1 is 1.28 bits per heavy atom. The monoisotopic (exact) mass is 308 g/mol. The third-order valence-corrected chi connectivity index (χ3v) is 4.31. The highest BCUT2D eigenvalue weighted by atomic mass is 79.9. The molecule has 2 aromatic rings. The van der Waals surface area contributed by atoms with Gasteiger partial charge < -0.3 is 10.3 Å². The Bertz CT molecular complexity index is 589. The van der Waals surface area contributed by atoms with Crippen LogP contribution in [0.5, 0.6) is 0 Å². The molecule has 18 heavy (non-hydrogen) atoms. The van der Waals surface area contributed by atoms with Crippen molar-refractivity contribution in [2.45, 2.75) is 39.2 Å². The van der Waals surface area contributed by atoms with E-state index in [4.69, 9.17) is 5.73 Å². The van der Waals surface area contributed by atoms with Crippen LogP contribution in [0.2, 0.25) is 0 Å². The highest BCUT2D eigenvalue weighted by Crippen LogP contribution is 2.35. The molecule has 0 saturated carbocycles. The second-order valence-electron chi connectivity index (χ2n) is 6.03. The molecule has 0 aliphatic carbocycles. The van der Waals surface area contributed by atoms with E-state index >= 15 is 0 Å². The molecule has 0 radical (unpaired) electrons. The Morgan fingerprint density at radius 2 is 1.89 bits per heavy atom. The van der Waals surface area contributed by atoms with E-state index in [1.165, 1.54) is 16.5 Å². The SMILES string of the molecule is CC(N)c1c(Br)c2cc(C(C)(C)C)ccc2n1C. The molecule has 2 rings (SSSR count). The molecule has 0 spiro atoms. The summed E-state index contributed by atoms with van der Waals surface area (Å²) >= 11 is 3.70. The first kappa shape index (κ1) is 13.6. The minimum atomic E-state index is 0.0230. The highest BCUT2D eigenvalue weighted by molar-refractivity contribution is 9.10. The summed E-state index contributed by atoms with van der Waals surface area (Å²) in [5.41, 5.74) is 9.94. The molecule has 2 nitrogen and oxygen atoms in total. The molecule has 0 aliphatic heterocycles. The van der Waals surface area contributed by atoms with Crippen LogP contribution in [0, 0.1) is 0 Å². The van der Waals surface area contributed by atoms with Crippen molar-refractivity contribution in [2.24, 2.45) is 12.8 Å². The van der Waals surface area contributed by atoms with Crippen molar-refractivity contribution in [2.75, 3.05) is 0 Å². The molecule has 1 unspecified atom stereocenters. The molecule has 0 amide bonds. The summed E-state index contributed by atoms with van der Waals surface area (Å²) in [6, 6.07) is 6.69. The van der Waals surface area contributed by atoms with Gasteiger partial charge in [-0.3, -0.25) is 0 Å². The van der Waals surface area contributed by atoms with Gasteiger partial charge in [0.1, 0.15) is 0 Å². The molecule has 3 heteroatoms. The zero-order valence-corrected chi connectivity index (χ0v) is 13.3. The first-order valence-corrected chi connectivity index (χ1v) is 7.06. The van der Waals surface area contributed by atoms with Crippen LogP contribution in [0.3, 0.4) is 0 Å².